The molecule has 4 rings (SSSR count). The average molecular weight is 457 g/mol. The lowest BCUT2D eigenvalue weighted by atomic mass is 10.1. The SMILES string of the molecule is Cc1ccc(CN=C(Nc2cccc(C(=O)O)c2)N2CCN(c3cc(C)ccc3C)CC2)cc1. The van der Waals surface area contributed by atoms with Gasteiger partial charge in [0.1, 0.15) is 0 Å². The molecule has 6 nitrogen and oxygen atoms in total. The Morgan fingerprint density at radius 3 is 2.32 bits per heavy atom. The summed E-state index contributed by atoms with van der Waals surface area (Å²) in [4.78, 5) is 21.0. The number of anilines is 2. The highest BCUT2D eigenvalue weighted by Gasteiger charge is 2.21. The first-order valence-electron chi connectivity index (χ1n) is 11.7. The minimum atomic E-state index is -0.941. The smallest absolute Gasteiger partial charge is 0.335 e. The van der Waals surface area contributed by atoms with E-state index in [0.29, 0.717) is 6.54 Å². The van der Waals surface area contributed by atoms with Crippen molar-refractivity contribution < 1.29 is 9.90 Å². The van der Waals surface area contributed by atoms with Gasteiger partial charge in [0, 0.05) is 37.6 Å². The Balaban J connectivity index is 1.53. The molecule has 1 fully saturated rings. The number of hydrogen-bond acceptors (Lipinski definition) is 3. The number of guanidine groups is 1. The second-order valence-electron chi connectivity index (χ2n) is 8.90. The first kappa shape index (κ1) is 23.4. The fourth-order valence-electron chi connectivity index (χ4n) is 4.16. The normalized spacial score (nSPS) is 14.3. The summed E-state index contributed by atoms with van der Waals surface area (Å²) in [6, 6.07) is 21.8. The second-order valence-corrected chi connectivity index (χ2v) is 8.90. The highest BCUT2D eigenvalue weighted by Crippen LogP contribution is 2.23. The fourth-order valence-corrected chi connectivity index (χ4v) is 4.16. The van der Waals surface area contributed by atoms with Crippen LogP contribution in [-0.2, 0) is 6.54 Å². The average Bonchev–Trinajstić information content (AvgIpc) is 2.84. The molecule has 34 heavy (non-hydrogen) atoms. The van der Waals surface area contributed by atoms with Crippen molar-refractivity contribution in [3.05, 3.63) is 94.5 Å². The van der Waals surface area contributed by atoms with Crippen LogP contribution in [0.2, 0.25) is 0 Å². The van der Waals surface area contributed by atoms with Gasteiger partial charge in [0.05, 0.1) is 12.1 Å². The van der Waals surface area contributed by atoms with Crippen LogP contribution < -0.4 is 10.2 Å². The lowest BCUT2D eigenvalue weighted by Crippen LogP contribution is -2.51. The zero-order valence-corrected chi connectivity index (χ0v) is 20.1. The van der Waals surface area contributed by atoms with Gasteiger partial charge >= 0.3 is 5.97 Å². The van der Waals surface area contributed by atoms with Crippen molar-refractivity contribution in [3.8, 4) is 0 Å². The van der Waals surface area contributed by atoms with Crippen LogP contribution in [0.5, 0.6) is 0 Å². The van der Waals surface area contributed by atoms with E-state index in [2.05, 4.69) is 78.4 Å². The second kappa shape index (κ2) is 10.4. The van der Waals surface area contributed by atoms with Crippen molar-refractivity contribution in [3.63, 3.8) is 0 Å². The van der Waals surface area contributed by atoms with Gasteiger partial charge in [0.2, 0.25) is 0 Å². The van der Waals surface area contributed by atoms with E-state index in [-0.39, 0.29) is 5.56 Å². The van der Waals surface area contributed by atoms with E-state index in [0.717, 1.165) is 43.4 Å². The summed E-state index contributed by atoms with van der Waals surface area (Å²) in [5.74, 6) is -0.173. The molecule has 0 atom stereocenters. The molecule has 1 saturated heterocycles. The summed E-state index contributed by atoms with van der Waals surface area (Å²) in [7, 11) is 0. The van der Waals surface area contributed by atoms with Crippen molar-refractivity contribution in [2.24, 2.45) is 4.99 Å². The van der Waals surface area contributed by atoms with Crippen LogP contribution >= 0.6 is 0 Å². The van der Waals surface area contributed by atoms with Crippen LogP contribution in [0.25, 0.3) is 0 Å². The first-order valence-corrected chi connectivity index (χ1v) is 11.7. The maximum Gasteiger partial charge on any atom is 0.335 e. The van der Waals surface area contributed by atoms with Crippen molar-refractivity contribution in [2.75, 3.05) is 36.4 Å². The lowest BCUT2D eigenvalue weighted by molar-refractivity contribution is 0.0697. The number of aliphatic imine (C=N–C) groups is 1. The van der Waals surface area contributed by atoms with Crippen LogP contribution in [-0.4, -0.2) is 48.1 Å². The molecule has 1 aliphatic rings. The molecule has 0 aliphatic carbocycles. The Hall–Kier alpha value is -3.80. The van der Waals surface area contributed by atoms with E-state index in [1.807, 2.05) is 6.07 Å². The summed E-state index contributed by atoms with van der Waals surface area (Å²) in [6.07, 6.45) is 0. The number of nitrogens with one attached hydrogen (secondary N) is 1. The monoisotopic (exact) mass is 456 g/mol. The van der Waals surface area contributed by atoms with Gasteiger partial charge in [-0.2, -0.15) is 0 Å². The maximum atomic E-state index is 11.4. The molecule has 3 aromatic carbocycles. The van der Waals surface area contributed by atoms with E-state index in [1.54, 1.807) is 18.2 Å². The molecule has 176 valence electrons. The Morgan fingerprint density at radius 2 is 1.62 bits per heavy atom. The summed E-state index contributed by atoms with van der Waals surface area (Å²) < 4.78 is 0. The third-order valence-corrected chi connectivity index (χ3v) is 6.18. The summed E-state index contributed by atoms with van der Waals surface area (Å²) in [6.45, 7) is 10.4. The third kappa shape index (κ3) is 5.76. The number of nitrogens with zero attached hydrogens (tertiary/aromatic N) is 3. The molecule has 1 heterocycles. The number of carboxylic acid groups (broad SMARTS) is 1. The summed E-state index contributed by atoms with van der Waals surface area (Å²) >= 11 is 0. The van der Waals surface area contributed by atoms with E-state index >= 15 is 0 Å². The Kier molecular flexibility index (Phi) is 7.16. The predicted octanol–water partition coefficient (Wildman–Crippen LogP) is 5.10. The van der Waals surface area contributed by atoms with Gasteiger partial charge in [-0.1, -0.05) is 48.0 Å². The third-order valence-electron chi connectivity index (χ3n) is 6.18. The molecule has 0 aromatic heterocycles. The molecular formula is C28H32N4O2. The molecule has 0 radical (unpaired) electrons. The highest BCUT2D eigenvalue weighted by molar-refractivity contribution is 5.96. The van der Waals surface area contributed by atoms with Gasteiger partial charge in [-0.15, -0.1) is 0 Å². The fraction of sp³-hybridized carbons (Fsp3) is 0.286. The molecule has 0 spiro atoms. The van der Waals surface area contributed by atoms with Gasteiger partial charge in [0.15, 0.2) is 5.96 Å². The van der Waals surface area contributed by atoms with Crippen LogP contribution in [0.3, 0.4) is 0 Å². The molecule has 1 aliphatic heterocycles. The predicted molar refractivity (Wildman–Crippen MR) is 139 cm³/mol. The molecule has 0 amide bonds. The number of rotatable bonds is 5. The van der Waals surface area contributed by atoms with Gasteiger partial charge < -0.3 is 20.2 Å². The number of carbonyl (C=O) groups is 1. The zero-order valence-electron chi connectivity index (χ0n) is 20.1. The van der Waals surface area contributed by atoms with E-state index in [1.165, 1.54) is 22.4 Å². The number of carboxylic acids is 1. The molecule has 0 saturated carbocycles. The van der Waals surface area contributed by atoms with Crippen molar-refractivity contribution in [1.29, 1.82) is 0 Å². The van der Waals surface area contributed by atoms with E-state index < -0.39 is 5.97 Å². The highest BCUT2D eigenvalue weighted by atomic mass is 16.4. The Bertz CT molecular complexity index is 1180. The van der Waals surface area contributed by atoms with Crippen molar-refractivity contribution >= 4 is 23.3 Å². The van der Waals surface area contributed by atoms with Gasteiger partial charge in [-0.05, 0) is 61.7 Å². The number of hydrogen-bond donors (Lipinski definition) is 2. The Labute approximate surface area is 201 Å². The topological polar surface area (TPSA) is 68.2 Å². The first-order chi connectivity index (χ1) is 16.4. The van der Waals surface area contributed by atoms with Crippen molar-refractivity contribution in [1.82, 2.24) is 4.90 Å². The van der Waals surface area contributed by atoms with Crippen molar-refractivity contribution in [2.45, 2.75) is 27.3 Å². The van der Waals surface area contributed by atoms with Crippen LogP contribution in [0.15, 0.2) is 71.7 Å². The minimum absolute atomic E-state index is 0.252. The molecule has 3 aromatic rings. The summed E-state index contributed by atoms with van der Waals surface area (Å²) in [5, 5.41) is 12.8. The quantitative estimate of drug-likeness (QED) is 0.413. The van der Waals surface area contributed by atoms with Gasteiger partial charge in [-0.25, -0.2) is 9.79 Å². The largest absolute Gasteiger partial charge is 0.478 e. The molecular weight excluding hydrogens is 424 g/mol. The molecule has 0 bridgehead atoms. The van der Waals surface area contributed by atoms with Gasteiger partial charge in [-0.3, -0.25) is 0 Å². The van der Waals surface area contributed by atoms with Crippen LogP contribution in [0.4, 0.5) is 11.4 Å². The zero-order chi connectivity index (χ0) is 24.1. The maximum absolute atomic E-state index is 11.4. The number of aryl methyl sites for hydroxylation is 3. The van der Waals surface area contributed by atoms with Crippen LogP contribution in [0.1, 0.15) is 32.6 Å². The molecule has 0 unspecified atom stereocenters. The van der Waals surface area contributed by atoms with E-state index in [9.17, 15) is 9.90 Å². The molecule has 2 N–H and O–H groups in total. The molecule has 6 heteroatoms. The number of aromatic carboxylic acids is 1. The van der Waals surface area contributed by atoms with E-state index in [4.69, 9.17) is 4.99 Å². The van der Waals surface area contributed by atoms with Crippen LogP contribution in [0, 0.1) is 20.8 Å². The van der Waals surface area contributed by atoms with Gasteiger partial charge in [0.25, 0.3) is 0 Å². The number of piperazine rings is 1. The lowest BCUT2D eigenvalue weighted by Gasteiger charge is -2.38. The minimum Gasteiger partial charge on any atom is -0.478 e. The summed E-state index contributed by atoms with van der Waals surface area (Å²) in [5.41, 5.74) is 7.18. The Morgan fingerprint density at radius 1 is 0.912 bits per heavy atom. The number of benzene rings is 3. The standard InChI is InChI=1S/C28H32N4O2/c1-20-8-11-23(12-9-20)19-29-28(30-25-6-4-5-24(18-25)27(33)34)32-15-13-31(14-16-32)26-17-21(2)7-10-22(26)3/h4-12,17-18H,13-16,19H2,1-3H3,(H,29,30)(H,33,34).